The molecule has 1 unspecified atom stereocenters. The van der Waals surface area contributed by atoms with Crippen molar-refractivity contribution in [1.29, 1.82) is 0 Å². The maximum atomic E-state index is 11.9. The maximum absolute atomic E-state index is 11.9. The minimum absolute atomic E-state index is 0.222. The van der Waals surface area contributed by atoms with Gasteiger partial charge in [-0.2, -0.15) is 0 Å². The molecule has 1 amide bonds. The van der Waals surface area contributed by atoms with Gasteiger partial charge in [0.05, 0.1) is 0 Å². The van der Waals surface area contributed by atoms with Gasteiger partial charge < -0.3 is 20.4 Å². The third-order valence-corrected chi connectivity index (χ3v) is 4.02. The van der Waals surface area contributed by atoms with Crippen LogP contribution in [-0.4, -0.2) is 80.5 Å². The van der Waals surface area contributed by atoms with Gasteiger partial charge in [0, 0.05) is 39.1 Å². The Hall–Kier alpha value is -0.650. The Balaban J connectivity index is 2.18. The normalized spacial score (nSPS) is 20.2. The average molecular weight is 270 g/mol. The second-order valence-corrected chi connectivity index (χ2v) is 5.75. The Morgan fingerprint density at radius 2 is 2.11 bits per heavy atom. The number of rotatable bonds is 8. The van der Waals surface area contributed by atoms with Gasteiger partial charge in [0.2, 0.25) is 5.91 Å². The molecule has 0 aliphatic carbocycles. The van der Waals surface area contributed by atoms with Crippen LogP contribution in [0.3, 0.4) is 0 Å². The smallest absolute Gasteiger partial charge is 0.223 e. The van der Waals surface area contributed by atoms with E-state index in [1.165, 1.54) is 19.4 Å². The molecule has 1 aliphatic heterocycles. The molecule has 1 saturated heterocycles. The highest BCUT2D eigenvalue weighted by Crippen LogP contribution is 2.15. The summed E-state index contributed by atoms with van der Waals surface area (Å²) in [4.78, 5) is 18.4. The Morgan fingerprint density at radius 1 is 1.37 bits per heavy atom. The van der Waals surface area contributed by atoms with Crippen LogP contribution in [-0.2, 0) is 4.79 Å². The summed E-state index contributed by atoms with van der Waals surface area (Å²) in [6.45, 7) is 4.53. The number of carbonyl (C=O) groups is 1. The van der Waals surface area contributed by atoms with Crippen molar-refractivity contribution in [2.24, 2.45) is 5.73 Å². The molecule has 19 heavy (non-hydrogen) atoms. The number of hydrogen-bond donors (Lipinski definition) is 1. The third kappa shape index (κ3) is 5.89. The van der Waals surface area contributed by atoms with Crippen LogP contribution in [0.1, 0.15) is 25.7 Å². The highest BCUT2D eigenvalue weighted by Gasteiger charge is 2.22. The van der Waals surface area contributed by atoms with Crippen LogP contribution in [0.4, 0.5) is 0 Å². The van der Waals surface area contributed by atoms with E-state index in [4.69, 9.17) is 5.73 Å². The summed E-state index contributed by atoms with van der Waals surface area (Å²) in [6, 6.07) is 0.662. The summed E-state index contributed by atoms with van der Waals surface area (Å²) < 4.78 is 0. The van der Waals surface area contributed by atoms with Crippen LogP contribution >= 0.6 is 0 Å². The summed E-state index contributed by atoms with van der Waals surface area (Å²) in [5.41, 5.74) is 5.45. The lowest BCUT2D eigenvalue weighted by Crippen LogP contribution is -2.38. The standard InChI is InChI=1S/C14H30N4O/c1-16(12-13-6-4-9-17(13)2)11-7-14(19)18(3)10-5-8-15/h13H,4-12,15H2,1-3H3. The first-order valence-electron chi connectivity index (χ1n) is 7.37. The second kappa shape index (κ2) is 8.51. The van der Waals surface area contributed by atoms with Crippen LogP contribution in [0.15, 0.2) is 0 Å². The van der Waals surface area contributed by atoms with Crippen LogP contribution in [0.5, 0.6) is 0 Å². The van der Waals surface area contributed by atoms with Crippen molar-refractivity contribution in [1.82, 2.24) is 14.7 Å². The summed E-state index contributed by atoms with van der Waals surface area (Å²) in [6.07, 6.45) is 4.07. The molecular formula is C14H30N4O. The summed E-state index contributed by atoms with van der Waals surface area (Å²) in [5, 5.41) is 0. The molecule has 1 heterocycles. The SMILES string of the molecule is CN(CCC(=O)N(C)CCCN)CC1CCCN1C. The van der Waals surface area contributed by atoms with E-state index in [0.717, 1.165) is 26.1 Å². The lowest BCUT2D eigenvalue weighted by Gasteiger charge is -2.26. The number of carbonyl (C=O) groups excluding carboxylic acids is 1. The molecule has 1 fully saturated rings. The fourth-order valence-corrected chi connectivity index (χ4v) is 2.59. The molecule has 1 aliphatic rings. The molecule has 0 bridgehead atoms. The van der Waals surface area contributed by atoms with E-state index in [-0.39, 0.29) is 5.91 Å². The quantitative estimate of drug-likeness (QED) is 0.685. The van der Waals surface area contributed by atoms with E-state index in [9.17, 15) is 4.79 Å². The van der Waals surface area contributed by atoms with Crippen LogP contribution in [0.25, 0.3) is 0 Å². The minimum atomic E-state index is 0.222. The zero-order valence-corrected chi connectivity index (χ0v) is 12.8. The van der Waals surface area contributed by atoms with Gasteiger partial charge in [-0.3, -0.25) is 4.79 Å². The summed E-state index contributed by atoms with van der Waals surface area (Å²) in [7, 11) is 6.17. The second-order valence-electron chi connectivity index (χ2n) is 5.75. The first-order chi connectivity index (χ1) is 9.04. The summed E-state index contributed by atoms with van der Waals surface area (Å²) >= 11 is 0. The van der Waals surface area contributed by atoms with Crippen molar-refractivity contribution in [2.45, 2.75) is 31.7 Å². The van der Waals surface area contributed by atoms with Crippen molar-refractivity contribution in [3.63, 3.8) is 0 Å². The third-order valence-electron chi connectivity index (χ3n) is 4.02. The number of likely N-dealkylation sites (N-methyl/N-ethyl adjacent to an activating group) is 2. The highest BCUT2D eigenvalue weighted by atomic mass is 16.2. The number of amides is 1. The van der Waals surface area contributed by atoms with Crippen molar-refractivity contribution >= 4 is 5.91 Å². The predicted molar refractivity (Wildman–Crippen MR) is 79.1 cm³/mol. The van der Waals surface area contributed by atoms with E-state index in [0.29, 0.717) is 19.0 Å². The zero-order chi connectivity index (χ0) is 14.3. The van der Waals surface area contributed by atoms with Crippen molar-refractivity contribution in [3.8, 4) is 0 Å². The lowest BCUT2D eigenvalue weighted by atomic mass is 10.2. The molecule has 2 N–H and O–H groups in total. The van der Waals surface area contributed by atoms with Crippen LogP contribution < -0.4 is 5.73 Å². The van der Waals surface area contributed by atoms with E-state index < -0.39 is 0 Å². The predicted octanol–water partition coefficient (Wildman–Crippen LogP) is 0.210. The van der Waals surface area contributed by atoms with Gasteiger partial charge in [-0.05, 0) is 46.4 Å². The van der Waals surface area contributed by atoms with Gasteiger partial charge in [0.1, 0.15) is 0 Å². The molecular weight excluding hydrogens is 240 g/mol. The molecule has 5 nitrogen and oxygen atoms in total. The largest absolute Gasteiger partial charge is 0.346 e. The molecule has 0 spiro atoms. The molecule has 112 valence electrons. The molecule has 0 aromatic carbocycles. The van der Waals surface area contributed by atoms with Gasteiger partial charge in [0.15, 0.2) is 0 Å². The van der Waals surface area contributed by atoms with E-state index in [1.807, 2.05) is 7.05 Å². The Morgan fingerprint density at radius 3 is 2.68 bits per heavy atom. The monoisotopic (exact) mass is 270 g/mol. The van der Waals surface area contributed by atoms with Crippen LogP contribution in [0.2, 0.25) is 0 Å². The molecule has 1 rings (SSSR count). The van der Waals surface area contributed by atoms with Gasteiger partial charge in [-0.25, -0.2) is 0 Å². The molecule has 0 aromatic heterocycles. The molecule has 5 heteroatoms. The van der Waals surface area contributed by atoms with E-state index in [1.54, 1.807) is 4.90 Å². The van der Waals surface area contributed by atoms with Gasteiger partial charge in [-0.1, -0.05) is 0 Å². The van der Waals surface area contributed by atoms with Gasteiger partial charge in [-0.15, -0.1) is 0 Å². The number of likely N-dealkylation sites (tertiary alicyclic amines) is 1. The Bertz CT molecular complexity index is 272. The first-order valence-corrected chi connectivity index (χ1v) is 7.37. The maximum Gasteiger partial charge on any atom is 0.223 e. The highest BCUT2D eigenvalue weighted by molar-refractivity contribution is 5.76. The number of hydrogen-bond acceptors (Lipinski definition) is 4. The zero-order valence-electron chi connectivity index (χ0n) is 12.8. The molecule has 1 atom stereocenters. The fraction of sp³-hybridized carbons (Fsp3) is 0.929. The van der Waals surface area contributed by atoms with Crippen molar-refractivity contribution in [2.75, 3.05) is 53.9 Å². The topological polar surface area (TPSA) is 52.8 Å². The van der Waals surface area contributed by atoms with E-state index >= 15 is 0 Å². The fourth-order valence-electron chi connectivity index (χ4n) is 2.59. The molecule has 0 saturated carbocycles. The summed E-state index contributed by atoms with van der Waals surface area (Å²) in [5.74, 6) is 0.222. The minimum Gasteiger partial charge on any atom is -0.346 e. The van der Waals surface area contributed by atoms with Crippen molar-refractivity contribution in [3.05, 3.63) is 0 Å². The Kier molecular flexibility index (Phi) is 7.34. The van der Waals surface area contributed by atoms with Crippen LogP contribution in [0, 0.1) is 0 Å². The van der Waals surface area contributed by atoms with E-state index in [2.05, 4.69) is 23.9 Å². The number of nitrogens with two attached hydrogens (primary N) is 1. The van der Waals surface area contributed by atoms with Gasteiger partial charge >= 0.3 is 0 Å². The first kappa shape index (κ1) is 16.4. The molecule has 0 radical (unpaired) electrons. The van der Waals surface area contributed by atoms with Gasteiger partial charge in [0.25, 0.3) is 0 Å². The number of nitrogens with zero attached hydrogens (tertiary/aromatic N) is 3. The lowest BCUT2D eigenvalue weighted by molar-refractivity contribution is -0.130. The average Bonchev–Trinajstić information content (AvgIpc) is 2.78. The Labute approximate surface area is 117 Å². The molecule has 0 aromatic rings. The van der Waals surface area contributed by atoms with Crippen molar-refractivity contribution < 1.29 is 4.79 Å².